The molecule has 1 amide bonds. The fourth-order valence-electron chi connectivity index (χ4n) is 2.63. The number of anilines is 2. The van der Waals surface area contributed by atoms with Gasteiger partial charge in [0.15, 0.2) is 17.5 Å². The Morgan fingerprint density at radius 2 is 1.75 bits per heavy atom. The van der Waals surface area contributed by atoms with Gasteiger partial charge >= 0.3 is 6.01 Å². The average molecular weight is 572 g/mol. The molecule has 0 aliphatic rings. The first-order valence-electron chi connectivity index (χ1n) is 9.88. The summed E-state index contributed by atoms with van der Waals surface area (Å²) in [5.41, 5.74) is 0.436. The molecule has 0 fully saturated rings. The second kappa shape index (κ2) is 12.0. The predicted octanol–water partition coefficient (Wildman–Crippen LogP) is 3.49. The van der Waals surface area contributed by atoms with Crippen molar-refractivity contribution >= 4 is 68.0 Å². The lowest BCUT2D eigenvalue weighted by molar-refractivity contribution is -0.121. The molecule has 15 heteroatoms. The molecule has 36 heavy (non-hydrogen) atoms. The largest absolute Gasteiger partial charge is 0.482 e. The van der Waals surface area contributed by atoms with Crippen molar-refractivity contribution in [3.05, 3.63) is 58.6 Å². The number of hydrogen-bond acceptors (Lipinski definition) is 9. The fraction of sp³-hybridized carbons (Fsp3) is 0.143. The van der Waals surface area contributed by atoms with Gasteiger partial charge in [-0.05, 0) is 54.7 Å². The summed E-state index contributed by atoms with van der Waals surface area (Å²) in [5, 5.41) is 5.91. The Morgan fingerprint density at radius 1 is 1.03 bits per heavy atom. The van der Waals surface area contributed by atoms with E-state index in [1.807, 2.05) is 0 Å². The van der Waals surface area contributed by atoms with Gasteiger partial charge in [0.1, 0.15) is 5.75 Å². The molecular formula is C21H19Cl2N5O6S2. The third kappa shape index (κ3) is 7.55. The second-order valence-electron chi connectivity index (χ2n) is 6.78. The monoisotopic (exact) mass is 571 g/mol. The van der Waals surface area contributed by atoms with Gasteiger partial charge in [-0.3, -0.25) is 14.8 Å². The summed E-state index contributed by atoms with van der Waals surface area (Å²) in [4.78, 5) is 19.9. The number of rotatable bonds is 9. The van der Waals surface area contributed by atoms with Gasteiger partial charge in [-0.2, -0.15) is 9.97 Å². The lowest BCUT2D eigenvalue weighted by Crippen LogP contribution is -2.37. The van der Waals surface area contributed by atoms with Crippen molar-refractivity contribution in [3.8, 4) is 17.6 Å². The molecule has 0 bridgehead atoms. The zero-order valence-electron chi connectivity index (χ0n) is 18.7. The Kier molecular flexibility index (Phi) is 9.09. The Hall–Kier alpha value is -3.39. The van der Waals surface area contributed by atoms with Crippen LogP contribution in [-0.4, -0.2) is 50.2 Å². The van der Waals surface area contributed by atoms with Gasteiger partial charge < -0.3 is 19.5 Å². The molecule has 0 aliphatic carbocycles. The molecule has 2 aromatic carbocycles. The number of halogens is 2. The summed E-state index contributed by atoms with van der Waals surface area (Å²) >= 11 is 16.9. The number of nitrogens with zero attached hydrogens (tertiary/aromatic N) is 2. The van der Waals surface area contributed by atoms with E-state index in [2.05, 4.69) is 25.3 Å². The smallest absolute Gasteiger partial charge is 0.321 e. The molecule has 0 saturated carbocycles. The van der Waals surface area contributed by atoms with Crippen LogP contribution in [0.15, 0.2) is 53.4 Å². The minimum Gasteiger partial charge on any atom is -0.482 e. The van der Waals surface area contributed by atoms with Crippen molar-refractivity contribution in [2.24, 2.45) is 0 Å². The maximum absolute atomic E-state index is 12.7. The lowest BCUT2D eigenvalue weighted by atomic mass is 10.3. The quantitative estimate of drug-likeness (QED) is 0.327. The number of sulfonamides is 1. The molecule has 3 rings (SSSR count). The van der Waals surface area contributed by atoms with Crippen molar-refractivity contribution in [2.45, 2.75) is 4.90 Å². The van der Waals surface area contributed by atoms with Gasteiger partial charge in [0.2, 0.25) is 5.88 Å². The van der Waals surface area contributed by atoms with Gasteiger partial charge in [-0.15, -0.1) is 0 Å². The molecule has 0 radical (unpaired) electrons. The van der Waals surface area contributed by atoms with Crippen LogP contribution in [0.5, 0.6) is 17.6 Å². The molecule has 11 nitrogen and oxygen atoms in total. The maximum atomic E-state index is 12.7. The number of carbonyl (C=O) groups is 1. The first kappa shape index (κ1) is 27.2. The highest BCUT2D eigenvalue weighted by atomic mass is 35.5. The van der Waals surface area contributed by atoms with E-state index in [-0.39, 0.29) is 39.3 Å². The van der Waals surface area contributed by atoms with Gasteiger partial charge in [0.05, 0.1) is 24.1 Å². The Labute approximate surface area is 222 Å². The van der Waals surface area contributed by atoms with Crippen molar-refractivity contribution in [1.82, 2.24) is 15.3 Å². The molecular weight excluding hydrogens is 553 g/mol. The molecule has 0 aliphatic heterocycles. The number of nitrogens with one attached hydrogen (secondary N) is 3. The van der Waals surface area contributed by atoms with Crippen molar-refractivity contribution in [2.75, 3.05) is 30.9 Å². The average Bonchev–Trinajstić information content (AvgIpc) is 2.83. The maximum Gasteiger partial charge on any atom is 0.321 e. The number of aromatic nitrogens is 2. The number of thiocarbonyl (C=S) groups is 1. The van der Waals surface area contributed by atoms with Crippen molar-refractivity contribution in [3.63, 3.8) is 0 Å². The summed E-state index contributed by atoms with van der Waals surface area (Å²) in [6, 6.07) is 11.5. The van der Waals surface area contributed by atoms with Crippen molar-refractivity contribution in [1.29, 1.82) is 0 Å². The number of amides is 1. The van der Waals surface area contributed by atoms with Gasteiger partial charge in [0.25, 0.3) is 15.9 Å². The van der Waals surface area contributed by atoms with Crippen LogP contribution >= 0.6 is 35.4 Å². The molecule has 0 spiro atoms. The first-order valence-corrected chi connectivity index (χ1v) is 12.5. The van der Waals surface area contributed by atoms with Gasteiger partial charge in [-0.25, -0.2) is 8.42 Å². The summed E-state index contributed by atoms with van der Waals surface area (Å²) < 4.78 is 43.1. The molecule has 3 N–H and O–H groups in total. The minimum absolute atomic E-state index is 0.0142. The molecule has 190 valence electrons. The van der Waals surface area contributed by atoms with E-state index in [1.54, 1.807) is 6.07 Å². The highest BCUT2D eigenvalue weighted by Gasteiger charge is 2.17. The molecule has 0 atom stereocenters. The molecule has 1 heterocycles. The van der Waals surface area contributed by atoms with Crippen LogP contribution in [-0.2, 0) is 14.8 Å². The Balaban J connectivity index is 1.57. The Morgan fingerprint density at radius 3 is 2.39 bits per heavy atom. The zero-order valence-corrected chi connectivity index (χ0v) is 21.9. The van der Waals surface area contributed by atoms with E-state index in [1.165, 1.54) is 56.7 Å². The van der Waals surface area contributed by atoms with Crippen LogP contribution in [0.4, 0.5) is 11.5 Å². The highest BCUT2D eigenvalue weighted by Crippen LogP contribution is 2.27. The third-order valence-electron chi connectivity index (χ3n) is 4.24. The van der Waals surface area contributed by atoms with E-state index in [4.69, 9.17) is 49.6 Å². The van der Waals surface area contributed by atoms with Crippen LogP contribution in [0, 0.1) is 0 Å². The van der Waals surface area contributed by atoms with Gasteiger partial charge in [0, 0.05) is 16.8 Å². The molecule has 3 aromatic rings. The highest BCUT2D eigenvalue weighted by molar-refractivity contribution is 7.92. The third-order valence-corrected chi connectivity index (χ3v) is 6.35. The van der Waals surface area contributed by atoms with E-state index in [0.29, 0.717) is 16.5 Å². The summed E-state index contributed by atoms with van der Waals surface area (Å²) in [5.74, 6) is -0.153. The Bertz CT molecular complexity index is 1350. The lowest BCUT2D eigenvalue weighted by Gasteiger charge is -2.12. The zero-order chi connectivity index (χ0) is 26.3. The number of hydrogen-bond donors (Lipinski definition) is 3. The number of benzene rings is 2. The SMILES string of the molecule is COc1cc(NS(=O)(=O)c2ccc(NC(=S)NC(=O)COc3ccc(Cl)cc3Cl)cc2)nc(OC)n1. The van der Waals surface area contributed by atoms with E-state index < -0.39 is 15.9 Å². The van der Waals surface area contributed by atoms with Crippen LogP contribution in [0.2, 0.25) is 10.0 Å². The number of ether oxygens (including phenoxy) is 3. The van der Waals surface area contributed by atoms with E-state index in [0.717, 1.165) is 0 Å². The first-order chi connectivity index (χ1) is 17.1. The number of methoxy groups -OCH3 is 2. The topological polar surface area (TPSA) is 141 Å². The predicted molar refractivity (Wildman–Crippen MR) is 139 cm³/mol. The van der Waals surface area contributed by atoms with Crippen LogP contribution in [0.3, 0.4) is 0 Å². The standard InChI is InChI=1S/C21H19Cl2N5O6S2/c1-32-19-10-17(25-20(27-19)33-2)28-36(30,31)14-6-4-13(5-7-14)24-21(35)26-18(29)11-34-16-8-3-12(22)9-15(16)23/h3-10H,11H2,1-2H3,(H,25,27,28)(H2,24,26,29,35). The molecule has 1 aromatic heterocycles. The molecule has 0 saturated heterocycles. The van der Waals surface area contributed by atoms with Crippen LogP contribution in [0.25, 0.3) is 0 Å². The van der Waals surface area contributed by atoms with Gasteiger partial charge in [-0.1, -0.05) is 23.2 Å². The molecule has 0 unspecified atom stereocenters. The number of carbonyl (C=O) groups excluding carboxylic acids is 1. The van der Waals surface area contributed by atoms with Crippen molar-refractivity contribution < 1.29 is 27.4 Å². The fourth-order valence-corrected chi connectivity index (χ4v) is 4.31. The van der Waals surface area contributed by atoms with Crippen LogP contribution < -0.4 is 29.6 Å². The summed E-state index contributed by atoms with van der Waals surface area (Å²) in [6.07, 6.45) is 0. The minimum atomic E-state index is -3.98. The normalized spacial score (nSPS) is 10.8. The second-order valence-corrected chi connectivity index (χ2v) is 9.71. The summed E-state index contributed by atoms with van der Waals surface area (Å²) in [6.45, 7) is -0.343. The van der Waals surface area contributed by atoms with Crippen LogP contribution in [0.1, 0.15) is 0 Å². The van der Waals surface area contributed by atoms with E-state index in [9.17, 15) is 13.2 Å². The summed E-state index contributed by atoms with van der Waals surface area (Å²) in [7, 11) is -1.27. The van der Waals surface area contributed by atoms with E-state index >= 15 is 0 Å².